The van der Waals surface area contributed by atoms with Crippen LogP contribution in [0.5, 0.6) is 5.95 Å². The first kappa shape index (κ1) is 17.0. The second kappa shape index (κ2) is 7.45. The molecular formula is C21H19N3O3. The second-order valence-corrected chi connectivity index (χ2v) is 6.50. The Morgan fingerprint density at radius 3 is 2.48 bits per heavy atom. The highest BCUT2D eigenvalue weighted by atomic mass is 16.6. The Kier molecular flexibility index (Phi) is 4.70. The lowest BCUT2D eigenvalue weighted by Crippen LogP contribution is -2.41. The quantitative estimate of drug-likeness (QED) is 0.498. The summed E-state index contributed by atoms with van der Waals surface area (Å²) >= 11 is 0. The van der Waals surface area contributed by atoms with Gasteiger partial charge in [-0.1, -0.05) is 48.5 Å². The molecule has 0 unspecified atom stereocenters. The van der Waals surface area contributed by atoms with Gasteiger partial charge in [-0.15, -0.1) is 0 Å². The lowest BCUT2D eigenvalue weighted by molar-refractivity contribution is -0.678. The molecule has 0 atom stereocenters. The number of benzene rings is 2. The molecule has 1 heterocycles. The van der Waals surface area contributed by atoms with Crippen LogP contribution in [0.2, 0.25) is 0 Å². The van der Waals surface area contributed by atoms with Crippen LogP contribution < -0.4 is 9.79 Å². The average molecular weight is 361 g/mol. The summed E-state index contributed by atoms with van der Waals surface area (Å²) in [7, 11) is 0. The van der Waals surface area contributed by atoms with Gasteiger partial charge < -0.3 is 14.5 Å². The Morgan fingerprint density at radius 1 is 1.15 bits per heavy atom. The van der Waals surface area contributed by atoms with E-state index in [4.69, 9.17) is 4.52 Å². The summed E-state index contributed by atoms with van der Waals surface area (Å²) in [5.41, 5.74) is 2.02. The molecule has 1 aliphatic carbocycles. The number of amides is 1. The summed E-state index contributed by atoms with van der Waals surface area (Å²) in [6, 6.07) is 19.1. The maximum Gasteiger partial charge on any atom is 0.259 e. The number of hydrogen-bond acceptors (Lipinski definition) is 4. The minimum Gasteiger partial charge on any atom is -0.539 e. The SMILES string of the molecule is O=C(/C=C/c1ccccc1)N(Cc1c([O-])on[n+]1-c1ccccc1)C1CC1. The fourth-order valence-electron chi connectivity index (χ4n) is 2.93. The molecule has 27 heavy (non-hydrogen) atoms. The maximum atomic E-state index is 12.8. The van der Waals surface area contributed by atoms with E-state index >= 15 is 0 Å². The van der Waals surface area contributed by atoms with Gasteiger partial charge in [0.15, 0.2) is 5.95 Å². The Bertz CT molecular complexity index is 947. The van der Waals surface area contributed by atoms with E-state index in [-0.39, 0.29) is 18.5 Å². The van der Waals surface area contributed by atoms with Crippen LogP contribution in [0.15, 0.2) is 71.3 Å². The highest BCUT2D eigenvalue weighted by Crippen LogP contribution is 2.29. The highest BCUT2D eigenvalue weighted by molar-refractivity contribution is 5.92. The minimum absolute atomic E-state index is 0.124. The zero-order chi connectivity index (χ0) is 18.6. The fraction of sp³-hybridized carbons (Fsp3) is 0.190. The zero-order valence-electron chi connectivity index (χ0n) is 14.7. The average Bonchev–Trinajstić information content (AvgIpc) is 3.49. The standard InChI is InChI=1S/C21H19N3O3/c25-20(14-11-16-7-3-1-4-8-16)23(17-12-13-17)15-19-21(26)27-22-24(19)18-9-5-2-6-10-18/h1-11,14,17H,12-13,15H2/b14-11+. The number of hydrogen-bond donors (Lipinski definition) is 0. The van der Waals surface area contributed by atoms with Gasteiger partial charge in [0.25, 0.3) is 5.69 Å². The third-order valence-corrected chi connectivity index (χ3v) is 4.51. The normalized spacial score (nSPS) is 13.8. The fourth-order valence-corrected chi connectivity index (χ4v) is 2.93. The topological polar surface area (TPSA) is 73.3 Å². The molecule has 0 radical (unpaired) electrons. The van der Waals surface area contributed by atoms with Crippen LogP contribution in [0.3, 0.4) is 0 Å². The Balaban J connectivity index is 1.57. The largest absolute Gasteiger partial charge is 0.539 e. The molecule has 6 nitrogen and oxygen atoms in total. The van der Waals surface area contributed by atoms with E-state index in [0.29, 0.717) is 5.69 Å². The van der Waals surface area contributed by atoms with Crippen molar-refractivity contribution >= 4 is 12.0 Å². The molecule has 136 valence electrons. The summed E-state index contributed by atoms with van der Waals surface area (Å²) in [6.45, 7) is 0.167. The van der Waals surface area contributed by atoms with Crippen molar-refractivity contribution in [3.8, 4) is 11.6 Å². The molecule has 1 aliphatic rings. The van der Waals surface area contributed by atoms with E-state index in [1.807, 2.05) is 60.7 Å². The van der Waals surface area contributed by atoms with Gasteiger partial charge >= 0.3 is 0 Å². The maximum absolute atomic E-state index is 12.8. The van der Waals surface area contributed by atoms with Crippen LogP contribution >= 0.6 is 0 Å². The van der Waals surface area contributed by atoms with Gasteiger partial charge in [0.2, 0.25) is 11.6 Å². The van der Waals surface area contributed by atoms with Crippen LogP contribution in [0, 0.1) is 0 Å². The van der Waals surface area contributed by atoms with E-state index in [9.17, 15) is 9.90 Å². The molecule has 0 spiro atoms. The summed E-state index contributed by atoms with van der Waals surface area (Å²) in [4.78, 5) is 14.5. The van der Waals surface area contributed by atoms with Gasteiger partial charge in [-0.2, -0.15) is 0 Å². The molecule has 3 aromatic rings. The zero-order valence-corrected chi connectivity index (χ0v) is 14.7. The van der Waals surface area contributed by atoms with E-state index < -0.39 is 5.95 Å². The van der Waals surface area contributed by atoms with E-state index in [0.717, 1.165) is 24.1 Å². The number of nitrogens with zero attached hydrogens (tertiary/aromatic N) is 3. The van der Waals surface area contributed by atoms with Crippen molar-refractivity contribution in [2.75, 3.05) is 0 Å². The molecule has 1 amide bonds. The van der Waals surface area contributed by atoms with Crippen molar-refractivity contribution in [3.05, 3.63) is 78.0 Å². The Labute approximate surface area is 156 Å². The summed E-state index contributed by atoms with van der Waals surface area (Å²) < 4.78 is 6.33. The summed E-state index contributed by atoms with van der Waals surface area (Å²) in [5.74, 6) is -0.647. The highest BCUT2D eigenvalue weighted by Gasteiger charge is 2.35. The first-order valence-electron chi connectivity index (χ1n) is 8.89. The van der Waals surface area contributed by atoms with Crippen molar-refractivity contribution in [1.82, 2.24) is 10.2 Å². The first-order chi connectivity index (χ1) is 13.2. The molecule has 4 rings (SSSR count). The molecular weight excluding hydrogens is 342 g/mol. The Hall–Kier alpha value is -3.41. The molecule has 1 fully saturated rings. The lowest BCUT2D eigenvalue weighted by atomic mass is 10.2. The third-order valence-electron chi connectivity index (χ3n) is 4.51. The molecule has 0 bridgehead atoms. The van der Waals surface area contributed by atoms with Crippen molar-refractivity contribution in [1.29, 1.82) is 0 Å². The minimum atomic E-state index is -0.524. The molecule has 6 heteroatoms. The van der Waals surface area contributed by atoms with Crippen LogP contribution in [-0.2, 0) is 11.3 Å². The van der Waals surface area contributed by atoms with Crippen molar-refractivity contribution in [2.24, 2.45) is 0 Å². The van der Waals surface area contributed by atoms with Crippen LogP contribution in [-0.4, -0.2) is 22.1 Å². The van der Waals surface area contributed by atoms with E-state index in [1.165, 1.54) is 4.68 Å². The van der Waals surface area contributed by atoms with E-state index in [2.05, 4.69) is 5.27 Å². The van der Waals surface area contributed by atoms with Crippen LogP contribution in [0.25, 0.3) is 11.8 Å². The van der Waals surface area contributed by atoms with Crippen molar-refractivity contribution in [3.63, 3.8) is 0 Å². The third kappa shape index (κ3) is 3.89. The Morgan fingerprint density at radius 2 is 1.81 bits per heavy atom. The number of carbonyl (C=O) groups is 1. The predicted molar refractivity (Wildman–Crippen MR) is 96.5 cm³/mol. The van der Waals surface area contributed by atoms with Crippen molar-refractivity contribution < 1.29 is 19.1 Å². The van der Waals surface area contributed by atoms with Gasteiger partial charge in [0.1, 0.15) is 6.54 Å². The van der Waals surface area contributed by atoms with Gasteiger partial charge in [0.05, 0.1) is 5.27 Å². The molecule has 0 saturated heterocycles. The number of rotatable bonds is 6. The molecule has 0 aliphatic heterocycles. The molecule has 2 aromatic carbocycles. The van der Waals surface area contributed by atoms with Crippen LogP contribution in [0.4, 0.5) is 0 Å². The van der Waals surface area contributed by atoms with Gasteiger partial charge in [0, 0.05) is 24.3 Å². The summed E-state index contributed by atoms with van der Waals surface area (Å²) in [5, 5.41) is 16.0. The first-order valence-corrected chi connectivity index (χ1v) is 8.89. The van der Waals surface area contributed by atoms with Gasteiger partial charge in [-0.3, -0.25) is 4.79 Å². The van der Waals surface area contributed by atoms with Gasteiger partial charge in [-0.25, -0.2) is 0 Å². The van der Waals surface area contributed by atoms with Crippen molar-refractivity contribution in [2.45, 2.75) is 25.4 Å². The molecule has 1 aromatic heterocycles. The monoisotopic (exact) mass is 361 g/mol. The van der Waals surface area contributed by atoms with Crippen LogP contribution in [0.1, 0.15) is 24.1 Å². The number of para-hydroxylation sites is 1. The number of aromatic nitrogens is 2. The van der Waals surface area contributed by atoms with Gasteiger partial charge in [-0.05, 0) is 29.2 Å². The second-order valence-electron chi connectivity index (χ2n) is 6.50. The predicted octanol–water partition coefficient (Wildman–Crippen LogP) is 2.23. The molecule has 0 N–H and O–H groups in total. The van der Waals surface area contributed by atoms with E-state index in [1.54, 1.807) is 17.1 Å². The smallest absolute Gasteiger partial charge is 0.259 e. The lowest BCUT2D eigenvalue weighted by Gasteiger charge is -2.18. The number of carbonyl (C=O) groups excluding carboxylic acids is 1. The summed E-state index contributed by atoms with van der Waals surface area (Å²) in [6.07, 6.45) is 5.22. The molecule has 1 saturated carbocycles.